The van der Waals surface area contributed by atoms with Crippen LogP contribution in [0.5, 0.6) is 17.2 Å². The van der Waals surface area contributed by atoms with E-state index in [1.807, 2.05) is 31.2 Å². The van der Waals surface area contributed by atoms with E-state index in [0.29, 0.717) is 40.8 Å². The minimum atomic E-state index is -0.371. The number of anilines is 2. The molecule has 0 spiro atoms. The van der Waals surface area contributed by atoms with Gasteiger partial charge in [0.15, 0.2) is 0 Å². The van der Waals surface area contributed by atoms with E-state index in [1.54, 1.807) is 42.5 Å². The fourth-order valence-electron chi connectivity index (χ4n) is 3.15. The number of hydrogen-bond donors (Lipinski definition) is 2. The number of methoxy groups -OCH3 is 2. The predicted molar refractivity (Wildman–Crippen MR) is 137 cm³/mol. The van der Waals surface area contributed by atoms with E-state index in [-0.39, 0.29) is 11.8 Å². The summed E-state index contributed by atoms with van der Waals surface area (Å²) in [6.45, 7) is 2.41. The van der Waals surface area contributed by atoms with Crippen molar-refractivity contribution in [3.63, 3.8) is 0 Å². The average molecular weight is 525 g/mol. The molecule has 34 heavy (non-hydrogen) atoms. The number of nitrogens with one attached hydrogen (secondary N) is 2. The van der Waals surface area contributed by atoms with Crippen molar-refractivity contribution in [2.45, 2.75) is 6.92 Å². The zero-order valence-electron chi connectivity index (χ0n) is 19.1. The summed E-state index contributed by atoms with van der Waals surface area (Å²) in [7, 11) is 2.96. The zero-order chi connectivity index (χ0) is 24.5. The zero-order valence-corrected chi connectivity index (χ0v) is 20.6. The monoisotopic (exact) mass is 524 g/mol. The Hall–Kier alpha value is -3.78. The Balaban J connectivity index is 1.80. The summed E-state index contributed by atoms with van der Waals surface area (Å²) in [6, 6.07) is 17.6. The van der Waals surface area contributed by atoms with Gasteiger partial charge in [0, 0.05) is 33.8 Å². The van der Waals surface area contributed by atoms with Gasteiger partial charge in [-0.25, -0.2) is 0 Å². The van der Waals surface area contributed by atoms with Crippen LogP contribution in [0.25, 0.3) is 6.08 Å². The third-order valence-electron chi connectivity index (χ3n) is 4.75. The Kier molecular flexibility index (Phi) is 8.70. The van der Waals surface area contributed by atoms with Gasteiger partial charge in [0.05, 0.1) is 32.2 Å². The van der Waals surface area contributed by atoms with E-state index < -0.39 is 0 Å². The average Bonchev–Trinajstić information content (AvgIpc) is 2.85. The molecule has 0 saturated carbocycles. The van der Waals surface area contributed by atoms with Crippen molar-refractivity contribution in [1.29, 1.82) is 0 Å². The minimum absolute atomic E-state index is 0.292. The number of carbonyl (C=O) groups excluding carboxylic acids is 2. The molecule has 3 aromatic carbocycles. The molecule has 8 heteroatoms. The highest BCUT2D eigenvalue weighted by Crippen LogP contribution is 2.36. The third kappa shape index (κ3) is 6.39. The van der Waals surface area contributed by atoms with Crippen LogP contribution in [0, 0.1) is 0 Å². The maximum Gasteiger partial charge on any atom is 0.255 e. The van der Waals surface area contributed by atoms with Gasteiger partial charge in [0.25, 0.3) is 5.91 Å². The van der Waals surface area contributed by atoms with Crippen molar-refractivity contribution in [2.75, 3.05) is 31.5 Å². The van der Waals surface area contributed by atoms with E-state index >= 15 is 0 Å². The third-order valence-corrected chi connectivity index (χ3v) is 5.24. The summed E-state index contributed by atoms with van der Waals surface area (Å²) >= 11 is 3.43. The summed E-state index contributed by atoms with van der Waals surface area (Å²) in [4.78, 5) is 25.2. The molecule has 0 fully saturated rings. The summed E-state index contributed by atoms with van der Waals surface area (Å²) in [5.74, 6) is 0.745. The van der Waals surface area contributed by atoms with Gasteiger partial charge < -0.3 is 24.8 Å². The lowest BCUT2D eigenvalue weighted by atomic mass is 10.1. The molecule has 2 N–H and O–H groups in total. The standard InChI is InChI=1S/C26H25BrN2O5/c1-4-34-22-12-11-19(27)14-18(22)10-13-25(30)28-20-15-24(33-3)21(16-23(20)32-2)29-26(31)17-8-6-5-7-9-17/h5-16H,4H2,1-3H3,(H,28,30)(H,29,31)/b13-10+. The Bertz CT molecular complexity index is 1200. The van der Waals surface area contributed by atoms with Crippen LogP contribution in [0.2, 0.25) is 0 Å². The maximum absolute atomic E-state index is 12.6. The highest BCUT2D eigenvalue weighted by Gasteiger charge is 2.15. The van der Waals surface area contributed by atoms with Gasteiger partial charge in [-0.2, -0.15) is 0 Å². The van der Waals surface area contributed by atoms with Crippen LogP contribution in [-0.4, -0.2) is 32.6 Å². The molecule has 3 aromatic rings. The highest BCUT2D eigenvalue weighted by molar-refractivity contribution is 9.10. The van der Waals surface area contributed by atoms with Gasteiger partial charge >= 0.3 is 0 Å². The second-order valence-corrected chi connectivity index (χ2v) is 7.93. The number of carbonyl (C=O) groups is 2. The van der Waals surface area contributed by atoms with E-state index in [4.69, 9.17) is 14.2 Å². The lowest BCUT2D eigenvalue weighted by Gasteiger charge is -2.16. The Morgan fingerprint density at radius 2 is 1.53 bits per heavy atom. The normalized spacial score (nSPS) is 10.6. The smallest absolute Gasteiger partial charge is 0.255 e. The molecule has 0 atom stereocenters. The number of halogens is 1. The van der Waals surface area contributed by atoms with E-state index in [9.17, 15) is 9.59 Å². The molecule has 0 aliphatic rings. The molecule has 0 bridgehead atoms. The highest BCUT2D eigenvalue weighted by atomic mass is 79.9. The van der Waals surface area contributed by atoms with Crippen molar-refractivity contribution in [3.05, 3.63) is 82.3 Å². The molecule has 0 unspecified atom stereocenters. The molecule has 0 aliphatic carbocycles. The number of ether oxygens (including phenoxy) is 3. The first-order valence-corrected chi connectivity index (χ1v) is 11.3. The molecule has 0 aliphatic heterocycles. The van der Waals surface area contributed by atoms with Gasteiger partial charge in [-0.3, -0.25) is 9.59 Å². The lowest BCUT2D eigenvalue weighted by molar-refractivity contribution is -0.111. The summed E-state index contributed by atoms with van der Waals surface area (Å²) < 4.78 is 17.3. The first kappa shape index (κ1) is 24.9. The van der Waals surface area contributed by atoms with Gasteiger partial charge in [0.1, 0.15) is 17.2 Å². The fourth-order valence-corrected chi connectivity index (χ4v) is 3.53. The van der Waals surface area contributed by atoms with Gasteiger partial charge in [-0.1, -0.05) is 34.1 Å². The number of benzene rings is 3. The molecule has 3 rings (SSSR count). The molecule has 2 amide bonds. The lowest BCUT2D eigenvalue weighted by Crippen LogP contribution is -2.14. The van der Waals surface area contributed by atoms with Gasteiger partial charge in [0.2, 0.25) is 5.91 Å². The Morgan fingerprint density at radius 1 is 0.882 bits per heavy atom. The van der Waals surface area contributed by atoms with Crippen LogP contribution >= 0.6 is 15.9 Å². The van der Waals surface area contributed by atoms with Crippen molar-refractivity contribution < 1.29 is 23.8 Å². The SMILES string of the molecule is CCOc1ccc(Br)cc1/C=C/C(=O)Nc1cc(OC)c(NC(=O)c2ccccc2)cc1OC. The molecule has 0 heterocycles. The number of hydrogen-bond acceptors (Lipinski definition) is 5. The van der Waals surface area contributed by atoms with Crippen LogP contribution < -0.4 is 24.8 Å². The first-order chi connectivity index (χ1) is 16.4. The van der Waals surface area contributed by atoms with Crippen molar-refractivity contribution in [2.24, 2.45) is 0 Å². The second kappa shape index (κ2) is 11.9. The quantitative estimate of drug-likeness (QED) is 0.347. The summed E-state index contributed by atoms with van der Waals surface area (Å²) in [5.41, 5.74) is 2.07. The molecule has 0 aromatic heterocycles. The van der Waals surface area contributed by atoms with Gasteiger partial charge in [-0.05, 0) is 43.3 Å². The van der Waals surface area contributed by atoms with Crippen LogP contribution in [0.1, 0.15) is 22.8 Å². The van der Waals surface area contributed by atoms with E-state index in [2.05, 4.69) is 26.6 Å². The van der Waals surface area contributed by atoms with Crippen molar-refractivity contribution >= 4 is 45.2 Å². The fraction of sp³-hybridized carbons (Fsp3) is 0.154. The topological polar surface area (TPSA) is 85.9 Å². The van der Waals surface area contributed by atoms with Gasteiger partial charge in [-0.15, -0.1) is 0 Å². The Labute approximate surface area is 206 Å². The second-order valence-electron chi connectivity index (χ2n) is 7.01. The van der Waals surface area contributed by atoms with Crippen LogP contribution in [0.15, 0.2) is 71.2 Å². The molecular weight excluding hydrogens is 500 g/mol. The maximum atomic E-state index is 12.6. The van der Waals surface area contributed by atoms with Crippen LogP contribution in [0.3, 0.4) is 0 Å². The van der Waals surface area contributed by atoms with E-state index in [0.717, 1.165) is 10.0 Å². The molecular formula is C26H25BrN2O5. The molecule has 7 nitrogen and oxygen atoms in total. The van der Waals surface area contributed by atoms with E-state index in [1.165, 1.54) is 20.3 Å². The Morgan fingerprint density at radius 3 is 2.15 bits per heavy atom. The first-order valence-electron chi connectivity index (χ1n) is 10.5. The molecule has 176 valence electrons. The summed E-state index contributed by atoms with van der Waals surface area (Å²) in [5, 5.41) is 5.60. The van der Waals surface area contributed by atoms with Crippen molar-refractivity contribution in [3.8, 4) is 17.2 Å². The van der Waals surface area contributed by atoms with Crippen LogP contribution in [-0.2, 0) is 4.79 Å². The van der Waals surface area contributed by atoms with Crippen molar-refractivity contribution in [1.82, 2.24) is 0 Å². The van der Waals surface area contributed by atoms with Crippen LogP contribution in [0.4, 0.5) is 11.4 Å². The number of amides is 2. The molecule has 0 saturated heterocycles. The summed E-state index contributed by atoms with van der Waals surface area (Å²) in [6.07, 6.45) is 3.07. The predicted octanol–water partition coefficient (Wildman–Crippen LogP) is 5.77. The largest absolute Gasteiger partial charge is 0.494 e. The molecule has 0 radical (unpaired) electrons. The number of rotatable bonds is 9. The minimum Gasteiger partial charge on any atom is -0.494 e.